The molecule has 1 aromatic heterocycles. The summed E-state index contributed by atoms with van der Waals surface area (Å²) in [4.78, 5) is 31.0. The van der Waals surface area contributed by atoms with Crippen LogP contribution in [0.15, 0.2) is 126 Å². The first-order valence-electron chi connectivity index (χ1n) is 20.3. The SMILES string of the molecule is COc1ccc(C(OC[C@H]2O[C@@H](n3ccc(NC(=O)c4ccccc4)nc3=O)[C@H](OP(=S)(OC(C)(C)CC#N)OC(C)(C)CC#N)[C@@H]2O)(c2ccccc2)c2ccc(OC)cc2)cc1. The van der Waals surface area contributed by atoms with E-state index in [4.69, 9.17) is 44.3 Å². The van der Waals surface area contributed by atoms with Crippen LogP contribution in [0.4, 0.5) is 5.82 Å². The van der Waals surface area contributed by atoms with Gasteiger partial charge in [-0.1, -0.05) is 72.8 Å². The van der Waals surface area contributed by atoms with Gasteiger partial charge >= 0.3 is 12.4 Å². The van der Waals surface area contributed by atoms with Gasteiger partial charge in [-0.3, -0.25) is 13.9 Å². The molecule has 1 fully saturated rings. The van der Waals surface area contributed by atoms with Crippen molar-refractivity contribution < 1.29 is 42.4 Å². The van der Waals surface area contributed by atoms with Crippen molar-refractivity contribution in [1.29, 1.82) is 10.5 Å². The maximum atomic E-state index is 14.0. The summed E-state index contributed by atoms with van der Waals surface area (Å²) in [5.41, 5.74) is -2.08. The van der Waals surface area contributed by atoms with Crippen molar-refractivity contribution in [1.82, 2.24) is 9.55 Å². The van der Waals surface area contributed by atoms with E-state index in [0.29, 0.717) is 28.2 Å². The standard InChI is InChI=1S/C47H50N5O10PS/c1-45(2,26-28-48)61-63(64,62-46(3,4)27-29-49)60-41-40(53)38(59-43(41)52-30-25-39(51-44(52)55)50-42(54)32-13-9-7-10-14-32)31-58-47(33-15-11-8-12-16-33,34-17-21-36(56-5)22-18-34)35-19-23-37(57-6)24-20-35/h7-25,30,38,40-41,43,53H,26-27,31H2,1-6H3,(H,50,51,54,55)/t38-,40-,41-,43-/m1/s1. The van der Waals surface area contributed by atoms with Gasteiger partial charge in [0.2, 0.25) is 0 Å². The van der Waals surface area contributed by atoms with Crippen molar-refractivity contribution in [2.45, 2.75) is 81.9 Å². The van der Waals surface area contributed by atoms with Gasteiger partial charge in [-0.25, -0.2) is 4.79 Å². The number of carbonyl (C=O) groups excluding carboxylic acids is 1. The molecule has 0 aliphatic carbocycles. The summed E-state index contributed by atoms with van der Waals surface area (Å²) in [6, 6.07) is 38.3. The van der Waals surface area contributed by atoms with Crippen LogP contribution in [0.1, 0.15) is 73.8 Å². The van der Waals surface area contributed by atoms with Gasteiger partial charge in [0.05, 0.1) is 57.0 Å². The van der Waals surface area contributed by atoms with Gasteiger partial charge in [-0.05, 0) is 98.7 Å². The Hall–Kier alpha value is -5.78. The van der Waals surface area contributed by atoms with E-state index in [2.05, 4.69) is 22.4 Å². The monoisotopic (exact) mass is 907 g/mol. The highest BCUT2D eigenvalue weighted by atomic mass is 32.5. The third-order valence-corrected chi connectivity index (χ3v) is 13.0. The van der Waals surface area contributed by atoms with Gasteiger partial charge in [-0.2, -0.15) is 15.5 Å². The number of amides is 1. The quantitative estimate of drug-likeness (QED) is 0.0601. The maximum Gasteiger partial charge on any atom is 0.351 e. The molecule has 5 aromatic rings. The predicted octanol–water partition coefficient (Wildman–Crippen LogP) is 7.81. The third-order valence-electron chi connectivity index (χ3n) is 10.3. The number of nitriles is 2. The largest absolute Gasteiger partial charge is 0.497 e. The van der Waals surface area contributed by atoms with E-state index in [-0.39, 0.29) is 25.3 Å². The van der Waals surface area contributed by atoms with Gasteiger partial charge in [-0.15, -0.1) is 0 Å². The van der Waals surface area contributed by atoms with Crippen molar-refractivity contribution in [3.8, 4) is 23.6 Å². The molecule has 0 saturated carbocycles. The fourth-order valence-corrected chi connectivity index (χ4v) is 10.7. The van der Waals surface area contributed by atoms with E-state index in [1.165, 1.54) is 12.3 Å². The summed E-state index contributed by atoms with van der Waals surface area (Å²) in [6.07, 6.45) is -4.56. The summed E-state index contributed by atoms with van der Waals surface area (Å²) < 4.78 is 44.9. The number of nitrogens with zero attached hydrogens (tertiary/aromatic N) is 4. The predicted molar refractivity (Wildman–Crippen MR) is 241 cm³/mol. The third kappa shape index (κ3) is 11.1. The highest BCUT2D eigenvalue weighted by molar-refractivity contribution is 8.07. The zero-order valence-corrected chi connectivity index (χ0v) is 38.0. The molecule has 6 rings (SSSR count). The fourth-order valence-electron chi connectivity index (χ4n) is 7.19. The normalized spacial score (nSPS) is 17.8. The molecular weight excluding hydrogens is 858 g/mol. The highest BCUT2D eigenvalue weighted by Crippen LogP contribution is 2.59. The number of carbonyl (C=O) groups is 1. The second-order valence-corrected chi connectivity index (χ2v) is 18.9. The average Bonchev–Trinajstić information content (AvgIpc) is 3.57. The molecule has 4 aromatic carbocycles. The summed E-state index contributed by atoms with van der Waals surface area (Å²) in [5.74, 6) is 0.727. The summed E-state index contributed by atoms with van der Waals surface area (Å²) in [5, 5.41) is 34.3. The Morgan fingerprint density at radius 1 is 0.812 bits per heavy atom. The summed E-state index contributed by atoms with van der Waals surface area (Å²) in [6.45, 7) is 2.20. The smallest absolute Gasteiger partial charge is 0.351 e. The molecule has 17 heteroatoms. The molecule has 0 unspecified atom stereocenters. The number of aliphatic hydroxyl groups excluding tert-OH is 1. The van der Waals surface area contributed by atoms with E-state index in [0.717, 1.165) is 10.1 Å². The zero-order valence-electron chi connectivity index (χ0n) is 36.2. The number of hydrogen-bond donors (Lipinski definition) is 2. The first-order chi connectivity index (χ1) is 30.6. The van der Waals surface area contributed by atoms with Crippen LogP contribution in [0.2, 0.25) is 0 Å². The fraction of sp³-hybridized carbons (Fsp3) is 0.340. The molecule has 2 heterocycles. The number of anilines is 1. The second-order valence-electron chi connectivity index (χ2n) is 16.1. The molecule has 4 atom stereocenters. The number of nitrogens with one attached hydrogen (secondary N) is 1. The van der Waals surface area contributed by atoms with Crippen LogP contribution < -0.4 is 20.5 Å². The van der Waals surface area contributed by atoms with Crippen LogP contribution in [-0.4, -0.2) is 70.9 Å². The highest BCUT2D eigenvalue weighted by Gasteiger charge is 2.52. The van der Waals surface area contributed by atoms with Gasteiger partial charge < -0.3 is 38.4 Å². The lowest BCUT2D eigenvalue weighted by molar-refractivity contribution is -0.0960. The second kappa shape index (κ2) is 20.4. The molecule has 1 aliphatic heterocycles. The minimum absolute atomic E-state index is 0.0362. The first kappa shape index (κ1) is 47.7. The molecule has 0 radical (unpaired) electrons. The average molecular weight is 908 g/mol. The van der Waals surface area contributed by atoms with E-state index in [1.54, 1.807) is 72.2 Å². The van der Waals surface area contributed by atoms with E-state index in [9.17, 15) is 25.2 Å². The topological polar surface area (TPSA) is 196 Å². The van der Waals surface area contributed by atoms with Gasteiger partial charge in [0.15, 0.2) is 6.23 Å². The molecule has 0 spiro atoms. The van der Waals surface area contributed by atoms with E-state index in [1.807, 2.05) is 78.9 Å². The van der Waals surface area contributed by atoms with Crippen molar-refractivity contribution in [2.75, 3.05) is 26.1 Å². The zero-order chi connectivity index (χ0) is 46.1. The Labute approximate surface area is 377 Å². The van der Waals surface area contributed by atoms with Crippen LogP contribution >= 0.6 is 6.72 Å². The van der Waals surface area contributed by atoms with Crippen molar-refractivity contribution in [3.05, 3.63) is 154 Å². The molecule has 1 aliphatic rings. The molecule has 1 saturated heterocycles. The number of rotatable bonds is 19. The lowest BCUT2D eigenvalue weighted by Crippen LogP contribution is -2.41. The van der Waals surface area contributed by atoms with Crippen molar-refractivity contribution >= 4 is 30.3 Å². The number of aromatic nitrogens is 2. The molecule has 64 heavy (non-hydrogen) atoms. The Morgan fingerprint density at radius 3 is 1.80 bits per heavy atom. The molecule has 0 bridgehead atoms. The molecule has 334 valence electrons. The number of benzene rings is 4. The number of hydrogen-bond acceptors (Lipinski definition) is 14. The summed E-state index contributed by atoms with van der Waals surface area (Å²) in [7, 11) is 3.15. The van der Waals surface area contributed by atoms with Crippen LogP contribution in [0.5, 0.6) is 11.5 Å². The van der Waals surface area contributed by atoms with Crippen molar-refractivity contribution in [2.24, 2.45) is 0 Å². The minimum atomic E-state index is -4.05. The summed E-state index contributed by atoms with van der Waals surface area (Å²) >= 11 is 6.02. The first-order valence-corrected chi connectivity index (χ1v) is 22.8. The molecule has 2 N–H and O–H groups in total. The Balaban J connectivity index is 1.43. The van der Waals surface area contributed by atoms with Crippen LogP contribution in [0, 0.1) is 22.7 Å². The lowest BCUT2D eigenvalue weighted by atomic mass is 9.80. The van der Waals surface area contributed by atoms with Gasteiger partial charge in [0, 0.05) is 11.8 Å². The van der Waals surface area contributed by atoms with E-state index >= 15 is 0 Å². The van der Waals surface area contributed by atoms with Crippen LogP contribution in [0.25, 0.3) is 0 Å². The minimum Gasteiger partial charge on any atom is -0.497 e. The lowest BCUT2D eigenvalue weighted by Gasteiger charge is -2.38. The number of methoxy groups -OCH3 is 2. The Bertz CT molecular complexity index is 2480. The van der Waals surface area contributed by atoms with Crippen LogP contribution in [0.3, 0.4) is 0 Å². The van der Waals surface area contributed by atoms with Crippen LogP contribution in [-0.2, 0) is 40.5 Å². The molecule has 1 amide bonds. The maximum absolute atomic E-state index is 14.0. The Morgan fingerprint density at radius 2 is 1.31 bits per heavy atom. The number of aliphatic hydroxyl groups is 1. The van der Waals surface area contributed by atoms with Gasteiger partial charge in [0.25, 0.3) is 5.91 Å². The number of ether oxygens (including phenoxy) is 4. The van der Waals surface area contributed by atoms with E-state index < -0.39 is 59.7 Å². The molecular formula is C47H50N5O10PS. The molecule has 15 nitrogen and oxygen atoms in total. The van der Waals surface area contributed by atoms with Crippen molar-refractivity contribution in [3.63, 3.8) is 0 Å². The Kier molecular flexibility index (Phi) is 15.2. The van der Waals surface area contributed by atoms with Gasteiger partial charge in [0.1, 0.15) is 41.2 Å².